The summed E-state index contributed by atoms with van der Waals surface area (Å²) in [5.74, 6) is -0.168. The molecule has 1 amide bonds. The molecule has 6 heterocycles. The zero-order valence-electron chi connectivity index (χ0n) is 24.6. The molecule has 3 aliphatic rings. The summed E-state index contributed by atoms with van der Waals surface area (Å²) < 4.78 is 21.2. The highest BCUT2D eigenvalue weighted by molar-refractivity contribution is 7.16. The van der Waals surface area contributed by atoms with Gasteiger partial charge < -0.3 is 19.4 Å². The molecule has 7 rings (SSSR count). The van der Waals surface area contributed by atoms with Crippen molar-refractivity contribution in [2.45, 2.75) is 45.6 Å². The van der Waals surface area contributed by atoms with E-state index in [9.17, 15) is 14.4 Å². The number of anilines is 3. The molecular formula is C32H34FN7O2S. The minimum atomic E-state index is -0.328. The number of thiazole rings is 1. The standard InChI is InChI=1S/C32H34FN7O2S/c1-4-24-29(37(3)31-35-28(27(16-34)43-31)21-7-9-22(33)10-8-21)25-15-23(14-20(2)40(25)36-24)39-18-32(19-39)11-12-38(17-32)30(41)26-6-5-13-42-26/h7-10,14-15,26H,4-6,11-13,17-19H2,1-3H3/t26-/m1/s1. The molecule has 1 spiro atoms. The Kier molecular flexibility index (Phi) is 6.86. The van der Waals surface area contributed by atoms with E-state index in [1.807, 2.05) is 21.4 Å². The normalized spacial score (nSPS) is 19.3. The highest BCUT2D eigenvalue weighted by Gasteiger charge is 2.49. The van der Waals surface area contributed by atoms with Gasteiger partial charge in [-0.1, -0.05) is 18.3 Å². The Hall–Kier alpha value is -4.01. The first-order valence-electron chi connectivity index (χ1n) is 14.9. The summed E-state index contributed by atoms with van der Waals surface area (Å²) in [4.78, 5) is 24.7. The molecule has 3 aliphatic heterocycles. The molecule has 222 valence electrons. The Balaban J connectivity index is 1.17. The fraction of sp³-hybridized carbons (Fsp3) is 0.438. The second-order valence-electron chi connectivity index (χ2n) is 12.0. The van der Waals surface area contributed by atoms with E-state index in [2.05, 4.69) is 36.9 Å². The van der Waals surface area contributed by atoms with Crippen LogP contribution >= 0.6 is 11.3 Å². The van der Waals surface area contributed by atoms with Gasteiger partial charge >= 0.3 is 0 Å². The predicted octanol–water partition coefficient (Wildman–Crippen LogP) is 5.33. The van der Waals surface area contributed by atoms with Crippen molar-refractivity contribution in [1.29, 1.82) is 5.26 Å². The van der Waals surface area contributed by atoms with E-state index in [0.29, 0.717) is 27.9 Å². The van der Waals surface area contributed by atoms with Crippen LogP contribution in [0.25, 0.3) is 16.8 Å². The third-order valence-electron chi connectivity index (χ3n) is 9.11. The summed E-state index contributed by atoms with van der Waals surface area (Å²) in [5, 5.41) is 15.5. The predicted molar refractivity (Wildman–Crippen MR) is 164 cm³/mol. The Morgan fingerprint density at radius 1 is 1.26 bits per heavy atom. The second kappa shape index (κ2) is 10.6. The second-order valence-corrected chi connectivity index (χ2v) is 13.0. The Bertz CT molecular complexity index is 1750. The zero-order chi connectivity index (χ0) is 29.9. The molecule has 11 heteroatoms. The SMILES string of the molecule is CCc1nn2c(C)cc(N3CC4(CCN(C(=O)[C@H]5CCCO5)C4)C3)cc2c1N(C)c1nc(-c2ccc(F)cc2)c(C#N)s1. The number of pyridine rings is 1. The van der Waals surface area contributed by atoms with Gasteiger partial charge in [0.25, 0.3) is 5.91 Å². The molecule has 1 atom stereocenters. The molecule has 0 unspecified atom stereocenters. The van der Waals surface area contributed by atoms with Gasteiger partial charge in [0.2, 0.25) is 0 Å². The van der Waals surface area contributed by atoms with Gasteiger partial charge in [0.05, 0.1) is 16.9 Å². The highest BCUT2D eigenvalue weighted by Crippen LogP contribution is 2.44. The van der Waals surface area contributed by atoms with E-state index in [1.165, 1.54) is 23.5 Å². The van der Waals surface area contributed by atoms with Crippen LogP contribution in [0.15, 0.2) is 36.4 Å². The van der Waals surface area contributed by atoms with Gasteiger partial charge in [0.1, 0.15) is 28.6 Å². The minimum absolute atomic E-state index is 0.133. The number of nitriles is 1. The molecular weight excluding hydrogens is 565 g/mol. The van der Waals surface area contributed by atoms with Crippen LogP contribution in [0.2, 0.25) is 0 Å². The lowest BCUT2D eigenvalue weighted by atomic mass is 9.78. The number of carbonyl (C=O) groups is 1. The fourth-order valence-electron chi connectivity index (χ4n) is 6.84. The van der Waals surface area contributed by atoms with Crippen LogP contribution in [0.5, 0.6) is 0 Å². The topological polar surface area (TPSA) is 90.0 Å². The van der Waals surface area contributed by atoms with Crippen LogP contribution in [-0.4, -0.2) is 71.3 Å². The number of hydrogen-bond donors (Lipinski definition) is 0. The monoisotopic (exact) mass is 599 g/mol. The molecule has 0 saturated carbocycles. The lowest BCUT2D eigenvalue weighted by Gasteiger charge is -2.49. The minimum Gasteiger partial charge on any atom is -0.370 e. The van der Waals surface area contributed by atoms with E-state index in [1.54, 1.807) is 12.1 Å². The Morgan fingerprint density at radius 2 is 2.05 bits per heavy atom. The van der Waals surface area contributed by atoms with Gasteiger partial charge in [-0.05, 0) is 69.0 Å². The lowest BCUT2D eigenvalue weighted by molar-refractivity contribution is -0.140. The number of fused-ring (bicyclic) bond motifs is 1. The summed E-state index contributed by atoms with van der Waals surface area (Å²) in [6.07, 6.45) is 3.30. The first kappa shape index (κ1) is 27.8. The van der Waals surface area contributed by atoms with Crippen LogP contribution in [0.1, 0.15) is 42.5 Å². The molecule has 3 aromatic heterocycles. The van der Waals surface area contributed by atoms with Crippen molar-refractivity contribution < 1.29 is 13.9 Å². The van der Waals surface area contributed by atoms with E-state index in [4.69, 9.17) is 14.8 Å². The number of aromatic nitrogens is 3. The van der Waals surface area contributed by atoms with E-state index in [-0.39, 0.29) is 23.2 Å². The number of rotatable bonds is 6. The lowest BCUT2D eigenvalue weighted by Crippen LogP contribution is -2.58. The maximum Gasteiger partial charge on any atom is 0.251 e. The molecule has 9 nitrogen and oxygen atoms in total. The van der Waals surface area contributed by atoms with E-state index in [0.717, 1.165) is 80.1 Å². The van der Waals surface area contributed by atoms with Crippen LogP contribution in [0.4, 0.5) is 20.9 Å². The van der Waals surface area contributed by atoms with Gasteiger partial charge in [-0.2, -0.15) is 10.4 Å². The van der Waals surface area contributed by atoms with Crippen molar-refractivity contribution >= 4 is 39.3 Å². The van der Waals surface area contributed by atoms with Gasteiger partial charge in [-0.3, -0.25) is 4.79 Å². The summed E-state index contributed by atoms with van der Waals surface area (Å²) in [7, 11) is 1.96. The number of halogens is 1. The number of likely N-dealkylation sites (tertiary alicyclic amines) is 1. The first-order chi connectivity index (χ1) is 20.8. The van der Waals surface area contributed by atoms with Crippen molar-refractivity contribution in [2.75, 3.05) is 49.6 Å². The zero-order valence-corrected chi connectivity index (χ0v) is 25.5. The number of carbonyl (C=O) groups excluding carboxylic acids is 1. The maximum atomic E-state index is 13.6. The van der Waals surface area contributed by atoms with Crippen LogP contribution in [0.3, 0.4) is 0 Å². The first-order valence-corrected chi connectivity index (χ1v) is 15.7. The maximum absolute atomic E-state index is 13.6. The molecule has 4 aromatic rings. The van der Waals surface area contributed by atoms with Crippen LogP contribution < -0.4 is 9.80 Å². The average molecular weight is 600 g/mol. The highest BCUT2D eigenvalue weighted by atomic mass is 32.1. The third-order valence-corrected chi connectivity index (χ3v) is 10.1. The summed E-state index contributed by atoms with van der Waals surface area (Å²) >= 11 is 1.32. The van der Waals surface area contributed by atoms with Crippen molar-refractivity contribution in [1.82, 2.24) is 19.5 Å². The summed E-state index contributed by atoms with van der Waals surface area (Å²) in [6.45, 7) is 8.28. The quantitative estimate of drug-likeness (QED) is 0.296. The number of benzene rings is 1. The van der Waals surface area contributed by atoms with Gasteiger partial charge in [0, 0.05) is 62.2 Å². The van der Waals surface area contributed by atoms with E-state index >= 15 is 0 Å². The smallest absolute Gasteiger partial charge is 0.251 e. The molecule has 0 bridgehead atoms. The molecule has 3 saturated heterocycles. The number of nitrogens with zero attached hydrogens (tertiary/aromatic N) is 7. The molecule has 43 heavy (non-hydrogen) atoms. The Labute approximate surface area is 254 Å². The Morgan fingerprint density at radius 3 is 2.74 bits per heavy atom. The average Bonchev–Trinajstić information content (AvgIpc) is 3.80. The summed E-state index contributed by atoms with van der Waals surface area (Å²) in [5.41, 5.74) is 6.45. The molecule has 3 fully saturated rings. The largest absolute Gasteiger partial charge is 0.370 e. The number of aryl methyl sites for hydroxylation is 2. The third kappa shape index (κ3) is 4.73. The molecule has 0 aliphatic carbocycles. The van der Waals surface area contributed by atoms with Crippen molar-refractivity contribution in [3.63, 3.8) is 0 Å². The molecule has 1 aromatic carbocycles. The van der Waals surface area contributed by atoms with Crippen LogP contribution in [0, 0.1) is 29.5 Å². The van der Waals surface area contributed by atoms with Gasteiger partial charge in [0.15, 0.2) is 5.13 Å². The van der Waals surface area contributed by atoms with Crippen molar-refractivity contribution in [3.8, 4) is 17.3 Å². The number of amides is 1. The molecule has 0 radical (unpaired) electrons. The van der Waals surface area contributed by atoms with Crippen molar-refractivity contribution in [3.05, 3.63) is 58.5 Å². The van der Waals surface area contributed by atoms with Crippen LogP contribution in [-0.2, 0) is 16.0 Å². The fourth-order valence-corrected chi connectivity index (χ4v) is 7.70. The van der Waals surface area contributed by atoms with Gasteiger partial charge in [-0.15, -0.1) is 0 Å². The number of ether oxygens (including phenoxy) is 1. The van der Waals surface area contributed by atoms with Gasteiger partial charge in [-0.25, -0.2) is 13.9 Å². The summed E-state index contributed by atoms with van der Waals surface area (Å²) in [6, 6.07) is 12.7. The molecule has 0 N–H and O–H groups in total. The number of hydrogen-bond acceptors (Lipinski definition) is 8. The van der Waals surface area contributed by atoms with E-state index < -0.39 is 0 Å². The van der Waals surface area contributed by atoms with Crippen molar-refractivity contribution in [2.24, 2.45) is 5.41 Å².